The molecule has 3 heterocycles. The summed E-state index contributed by atoms with van der Waals surface area (Å²) >= 11 is 0. The van der Waals surface area contributed by atoms with Crippen LogP contribution in [-0.4, -0.2) is 59.7 Å². The van der Waals surface area contributed by atoms with Crippen LogP contribution in [0.1, 0.15) is 45.5 Å². The Hall–Kier alpha value is -3.77. The van der Waals surface area contributed by atoms with Crippen LogP contribution in [0.4, 0.5) is 10.1 Å². The van der Waals surface area contributed by atoms with Crippen molar-refractivity contribution in [3.63, 3.8) is 0 Å². The van der Waals surface area contributed by atoms with Crippen LogP contribution in [-0.2, 0) is 22.7 Å². The molecule has 180 valence electrons. The molecule has 1 unspecified atom stereocenters. The largest absolute Gasteiger partial charge is 0.367 e. The van der Waals surface area contributed by atoms with E-state index in [2.05, 4.69) is 16.3 Å². The maximum Gasteiger partial charge on any atom is 0.255 e. The maximum atomic E-state index is 15.1. The van der Waals surface area contributed by atoms with E-state index in [-0.39, 0.29) is 36.8 Å². The van der Waals surface area contributed by atoms with Crippen molar-refractivity contribution in [3.05, 3.63) is 64.0 Å². The summed E-state index contributed by atoms with van der Waals surface area (Å²) in [6.07, 6.45) is 0.461. The Morgan fingerprint density at radius 2 is 1.89 bits per heavy atom. The Morgan fingerprint density at radius 1 is 1.11 bits per heavy atom. The highest BCUT2D eigenvalue weighted by Crippen LogP contribution is 2.33. The van der Waals surface area contributed by atoms with E-state index < -0.39 is 17.8 Å². The molecule has 2 aromatic carbocycles. The van der Waals surface area contributed by atoms with E-state index in [4.69, 9.17) is 5.26 Å². The highest BCUT2D eigenvalue weighted by atomic mass is 19.1. The highest BCUT2D eigenvalue weighted by Gasteiger charge is 2.40. The third-order valence-corrected chi connectivity index (χ3v) is 7.17. The summed E-state index contributed by atoms with van der Waals surface area (Å²) in [6, 6.07) is 10.2. The second kappa shape index (κ2) is 9.12. The van der Waals surface area contributed by atoms with Crippen molar-refractivity contribution in [2.24, 2.45) is 0 Å². The SMILES string of the molecule is Cc1cc(C#N)ccc1CN1CCN(c2cc3c(cc2F)C(=O)N(C2CCC(=O)NC2=O)C3)CC1. The van der Waals surface area contributed by atoms with Crippen molar-refractivity contribution < 1.29 is 18.8 Å². The van der Waals surface area contributed by atoms with Crippen LogP contribution in [0.2, 0.25) is 0 Å². The monoisotopic (exact) mass is 475 g/mol. The summed E-state index contributed by atoms with van der Waals surface area (Å²) in [5.74, 6) is -1.63. The molecular weight excluding hydrogens is 449 g/mol. The lowest BCUT2D eigenvalue weighted by Crippen LogP contribution is -2.52. The van der Waals surface area contributed by atoms with Crippen LogP contribution in [0.5, 0.6) is 0 Å². The molecule has 2 aromatic rings. The summed E-state index contributed by atoms with van der Waals surface area (Å²) < 4.78 is 15.1. The van der Waals surface area contributed by atoms with Gasteiger partial charge in [0.2, 0.25) is 11.8 Å². The van der Waals surface area contributed by atoms with Gasteiger partial charge < -0.3 is 9.80 Å². The van der Waals surface area contributed by atoms with Crippen LogP contribution in [0.25, 0.3) is 0 Å². The molecule has 3 aliphatic heterocycles. The van der Waals surface area contributed by atoms with Gasteiger partial charge in [0.05, 0.1) is 17.3 Å². The maximum absolute atomic E-state index is 15.1. The van der Waals surface area contributed by atoms with Gasteiger partial charge >= 0.3 is 0 Å². The topological polar surface area (TPSA) is 96.8 Å². The van der Waals surface area contributed by atoms with Gasteiger partial charge in [-0.3, -0.25) is 24.6 Å². The smallest absolute Gasteiger partial charge is 0.255 e. The summed E-state index contributed by atoms with van der Waals surface area (Å²) in [4.78, 5) is 42.4. The molecule has 0 spiro atoms. The van der Waals surface area contributed by atoms with Gasteiger partial charge in [0.15, 0.2) is 0 Å². The van der Waals surface area contributed by atoms with Crippen LogP contribution >= 0.6 is 0 Å². The Morgan fingerprint density at radius 3 is 2.57 bits per heavy atom. The van der Waals surface area contributed by atoms with Crippen molar-refractivity contribution in [2.75, 3.05) is 31.1 Å². The molecule has 0 bridgehead atoms. The zero-order chi connectivity index (χ0) is 24.7. The fraction of sp³-hybridized carbons (Fsp3) is 0.385. The van der Waals surface area contributed by atoms with E-state index in [1.807, 2.05) is 30.0 Å². The summed E-state index contributed by atoms with van der Waals surface area (Å²) in [7, 11) is 0. The molecular formula is C26H26FN5O3. The molecule has 0 aliphatic carbocycles. The number of benzene rings is 2. The van der Waals surface area contributed by atoms with Gasteiger partial charge in [0.1, 0.15) is 11.9 Å². The molecule has 9 heteroatoms. The Balaban J connectivity index is 1.26. The van der Waals surface area contributed by atoms with Gasteiger partial charge in [-0.25, -0.2) is 4.39 Å². The Kier molecular flexibility index (Phi) is 5.99. The second-order valence-corrected chi connectivity index (χ2v) is 9.38. The number of anilines is 1. The summed E-state index contributed by atoms with van der Waals surface area (Å²) in [6.45, 7) is 5.82. The minimum atomic E-state index is -0.715. The second-order valence-electron chi connectivity index (χ2n) is 9.38. The molecule has 3 aliphatic rings. The van der Waals surface area contributed by atoms with Gasteiger partial charge in [0, 0.05) is 51.3 Å². The minimum Gasteiger partial charge on any atom is -0.367 e. The van der Waals surface area contributed by atoms with Gasteiger partial charge in [-0.15, -0.1) is 0 Å². The van der Waals surface area contributed by atoms with Gasteiger partial charge in [-0.2, -0.15) is 5.26 Å². The number of hydrogen-bond acceptors (Lipinski definition) is 6. The van der Waals surface area contributed by atoms with Crippen molar-refractivity contribution in [1.29, 1.82) is 5.26 Å². The molecule has 0 saturated carbocycles. The van der Waals surface area contributed by atoms with E-state index >= 15 is 4.39 Å². The first-order valence-corrected chi connectivity index (χ1v) is 11.8. The summed E-state index contributed by atoms with van der Waals surface area (Å²) in [5, 5.41) is 11.3. The van der Waals surface area contributed by atoms with Crippen molar-refractivity contribution in [3.8, 4) is 6.07 Å². The van der Waals surface area contributed by atoms with Crippen molar-refractivity contribution in [2.45, 2.75) is 38.9 Å². The number of rotatable bonds is 4. The van der Waals surface area contributed by atoms with Crippen LogP contribution < -0.4 is 10.2 Å². The molecule has 2 saturated heterocycles. The van der Waals surface area contributed by atoms with Crippen LogP contribution in [0, 0.1) is 24.1 Å². The predicted octanol–water partition coefficient (Wildman–Crippen LogP) is 2.09. The molecule has 0 aromatic heterocycles. The predicted molar refractivity (Wildman–Crippen MR) is 126 cm³/mol. The normalized spacial score (nSPS) is 20.6. The molecule has 2 fully saturated rings. The molecule has 1 N–H and O–H groups in total. The first-order valence-electron chi connectivity index (χ1n) is 11.8. The number of nitrogens with one attached hydrogen (secondary N) is 1. The number of nitrogens with zero attached hydrogens (tertiary/aromatic N) is 4. The number of piperidine rings is 1. The van der Waals surface area contributed by atoms with Crippen LogP contribution in [0.15, 0.2) is 30.3 Å². The quantitative estimate of drug-likeness (QED) is 0.681. The minimum absolute atomic E-state index is 0.183. The summed E-state index contributed by atoms with van der Waals surface area (Å²) in [5.41, 5.74) is 4.36. The molecule has 3 amide bonds. The average molecular weight is 476 g/mol. The lowest BCUT2D eigenvalue weighted by molar-refractivity contribution is -0.136. The fourth-order valence-corrected chi connectivity index (χ4v) is 5.15. The number of imide groups is 1. The average Bonchev–Trinajstić information content (AvgIpc) is 3.15. The number of amides is 3. The zero-order valence-corrected chi connectivity index (χ0v) is 19.5. The zero-order valence-electron chi connectivity index (χ0n) is 19.5. The van der Waals surface area contributed by atoms with E-state index in [0.717, 1.165) is 25.2 Å². The Labute approximate surface area is 202 Å². The first kappa shape index (κ1) is 23.0. The number of carbonyl (C=O) groups is 3. The number of hydrogen-bond donors (Lipinski definition) is 1. The van der Waals surface area contributed by atoms with Gasteiger partial charge in [-0.05, 0) is 54.3 Å². The van der Waals surface area contributed by atoms with E-state index in [1.54, 1.807) is 6.07 Å². The van der Waals surface area contributed by atoms with Crippen molar-refractivity contribution in [1.82, 2.24) is 15.1 Å². The lowest BCUT2D eigenvalue weighted by atomic mass is 10.0. The standard InChI is InChI=1S/C26H26FN5O3/c1-16-10-17(13-28)2-3-18(16)14-30-6-8-31(9-7-30)23-11-19-15-32(26(35)20(19)12-21(23)27)22-4-5-24(33)29-25(22)34/h2-3,10-12,22H,4-9,14-15H2,1H3,(H,29,33,34). The molecule has 0 radical (unpaired) electrons. The number of fused-ring (bicyclic) bond motifs is 1. The van der Waals surface area contributed by atoms with Gasteiger partial charge in [0.25, 0.3) is 5.91 Å². The highest BCUT2D eigenvalue weighted by molar-refractivity contribution is 6.05. The van der Waals surface area contributed by atoms with E-state index in [1.165, 1.54) is 16.5 Å². The number of halogens is 1. The number of piperazine rings is 1. The molecule has 1 atom stereocenters. The number of carbonyl (C=O) groups excluding carboxylic acids is 3. The molecule has 5 rings (SSSR count). The lowest BCUT2D eigenvalue weighted by Gasteiger charge is -2.36. The number of aryl methyl sites for hydroxylation is 1. The van der Waals surface area contributed by atoms with E-state index in [0.29, 0.717) is 29.9 Å². The molecule has 8 nitrogen and oxygen atoms in total. The Bertz CT molecular complexity index is 1260. The third-order valence-electron chi connectivity index (χ3n) is 7.17. The van der Waals surface area contributed by atoms with Gasteiger partial charge in [-0.1, -0.05) is 6.07 Å². The number of nitriles is 1. The fourth-order valence-electron chi connectivity index (χ4n) is 5.15. The van der Waals surface area contributed by atoms with Crippen molar-refractivity contribution >= 4 is 23.4 Å². The van der Waals surface area contributed by atoms with Crippen LogP contribution in [0.3, 0.4) is 0 Å². The third kappa shape index (κ3) is 4.37. The molecule has 35 heavy (non-hydrogen) atoms. The first-order chi connectivity index (χ1) is 16.8. The van der Waals surface area contributed by atoms with E-state index in [9.17, 15) is 14.4 Å².